The van der Waals surface area contributed by atoms with Crippen LogP contribution in [0.3, 0.4) is 0 Å². The lowest BCUT2D eigenvalue weighted by molar-refractivity contribution is -0.385. The number of nitrogens with zero attached hydrogens (tertiary/aromatic N) is 3. The number of hydrogen-bond donors (Lipinski definition) is 1. The molecule has 0 spiro atoms. The fourth-order valence-electron chi connectivity index (χ4n) is 2.15. The van der Waals surface area contributed by atoms with E-state index in [0.29, 0.717) is 6.42 Å². The number of benzene rings is 1. The van der Waals surface area contributed by atoms with Crippen LogP contribution in [0.15, 0.2) is 41.3 Å². The van der Waals surface area contributed by atoms with Crippen molar-refractivity contribution in [1.29, 1.82) is 0 Å². The second-order valence-electron chi connectivity index (χ2n) is 5.13. The molecule has 1 amide bonds. The molecule has 2 aromatic rings. The zero-order chi connectivity index (χ0) is 18.6. The molecule has 130 valence electrons. The molecule has 1 N–H and O–H groups in total. The van der Waals surface area contributed by atoms with Crippen molar-refractivity contribution < 1.29 is 14.6 Å². The van der Waals surface area contributed by atoms with Gasteiger partial charge in [0.05, 0.1) is 16.0 Å². The lowest BCUT2D eigenvalue weighted by Gasteiger charge is -2.08. The van der Waals surface area contributed by atoms with E-state index in [2.05, 4.69) is 5.32 Å². The number of aromatic nitrogens is 1. The number of carbonyl (C=O) groups excluding carboxylic acids is 1. The molecule has 0 atom stereocenters. The molecule has 10 nitrogen and oxygen atoms in total. The fraction of sp³-hybridized carbons (Fsp3) is 0.200. The average Bonchev–Trinajstić information content (AvgIpc) is 2.57. The van der Waals surface area contributed by atoms with Crippen LogP contribution in [0.2, 0.25) is 0 Å². The minimum atomic E-state index is -0.826. The fourth-order valence-corrected chi connectivity index (χ4v) is 2.15. The van der Waals surface area contributed by atoms with Crippen molar-refractivity contribution in [3.05, 3.63) is 72.7 Å². The molecule has 0 aliphatic carbocycles. The summed E-state index contributed by atoms with van der Waals surface area (Å²) in [5, 5.41) is 24.0. The molecule has 0 aliphatic rings. The molecule has 1 aromatic carbocycles. The number of nitrogens with one attached hydrogen (secondary N) is 1. The van der Waals surface area contributed by atoms with Crippen LogP contribution < -0.4 is 10.9 Å². The molecule has 0 aliphatic heterocycles. The highest BCUT2D eigenvalue weighted by molar-refractivity contribution is 6.04. The predicted molar refractivity (Wildman–Crippen MR) is 88.7 cm³/mol. The van der Waals surface area contributed by atoms with Gasteiger partial charge in [-0.3, -0.25) is 29.8 Å². The second kappa shape index (κ2) is 7.34. The van der Waals surface area contributed by atoms with Crippen molar-refractivity contribution in [3.8, 4) is 0 Å². The summed E-state index contributed by atoms with van der Waals surface area (Å²) in [5.74, 6) is -0.826. The third kappa shape index (κ3) is 4.05. The summed E-state index contributed by atoms with van der Waals surface area (Å²) < 4.78 is 1.11. The van der Waals surface area contributed by atoms with Gasteiger partial charge in [0.2, 0.25) is 0 Å². The summed E-state index contributed by atoms with van der Waals surface area (Å²) in [4.78, 5) is 44.9. The third-order valence-electron chi connectivity index (χ3n) is 3.33. The average molecular weight is 346 g/mol. The Kier molecular flexibility index (Phi) is 5.22. The van der Waals surface area contributed by atoms with Gasteiger partial charge in [0.25, 0.3) is 22.8 Å². The van der Waals surface area contributed by atoms with E-state index >= 15 is 0 Å². The summed E-state index contributed by atoms with van der Waals surface area (Å²) >= 11 is 0. The number of rotatable bonds is 6. The third-order valence-corrected chi connectivity index (χ3v) is 3.33. The van der Waals surface area contributed by atoms with Crippen LogP contribution in [0.4, 0.5) is 17.1 Å². The first kappa shape index (κ1) is 17.8. The van der Waals surface area contributed by atoms with Gasteiger partial charge in [0.15, 0.2) is 0 Å². The number of anilines is 1. The van der Waals surface area contributed by atoms with Crippen LogP contribution in [-0.4, -0.2) is 20.3 Å². The molecule has 0 bridgehead atoms. The number of pyridine rings is 1. The highest BCUT2D eigenvalue weighted by Gasteiger charge is 2.19. The van der Waals surface area contributed by atoms with E-state index in [0.717, 1.165) is 16.8 Å². The minimum Gasteiger partial charge on any atom is -0.322 e. The van der Waals surface area contributed by atoms with Gasteiger partial charge in [-0.25, -0.2) is 0 Å². The lowest BCUT2D eigenvalue weighted by Crippen LogP contribution is -2.29. The molecule has 0 saturated heterocycles. The SMILES string of the molecule is CCCn1cc([N+](=O)[O-])cc(C(=O)Nc2ccc([N+](=O)[O-])cc2)c1=O. The van der Waals surface area contributed by atoms with E-state index < -0.39 is 21.3 Å². The molecular formula is C15H14N4O6. The van der Waals surface area contributed by atoms with Crippen molar-refractivity contribution in [3.63, 3.8) is 0 Å². The second-order valence-corrected chi connectivity index (χ2v) is 5.13. The standard InChI is InChI=1S/C15H14N4O6/c1-2-7-17-9-12(19(24)25)8-13(15(17)21)14(20)16-10-3-5-11(6-4-10)18(22)23/h3-6,8-9H,2,7H2,1H3,(H,16,20). The van der Waals surface area contributed by atoms with Gasteiger partial charge in [0.1, 0.15) is 5.56 Å². The Bertz CT molecular complexity index is 888. The quantitative estimate of drug-likeness (QED) is 0.629. The van der Waals surface area contributed by atoms with Gasteiger partial charge in [-0.1, -0.05) is 6.92 Å². The maximum absolute atomic E-state index is 12.3. The van der Waals surface area contributed by atoms with E-state index in [1.807, 2.05) is 0 Å². The summed E-state index contributed by atoms with van der Waals surface area (Å²) in [5.41, 5.74) is -1.32. The predicted octanol–water partition coefficient (Wildman–Crippen LogP) is 2.33. The number of amides is 1. The molecule has 0 saturated carbocycles. The van der Waals surface area contributed by atoms with Crippen molar-refractivity contribution in [2.24, 2.45) is 0 Å². The van der Waals surface area contributed by atoms with Gasteiger partial charge in [-0.15, -0.1) is 0 Å². The van der Waals surface area contributed by atoms with Crippen LogP contribution in [0.25, 0.3) is 0 Å². The number of carbonyl (C=O) groups is 1. The van der Waals surface area contributed by atoms with Gasteiger partial charge < -0.3 is 9.88 Å². The first-order valence-electron chi connectivity index (χ1n) is 7.28. The van der Waals surface area contributed by atoms with Gasteiger partial charge >= 0.3 is 0 Å². The first-order valence-corrected chi connectivity index (χ1v) is 7.28. The summed E-state index contributed by atoms with van der Waals surface area (Å²) in [6, 6.07) is 5.90. The Morgan fingerprint density at radius 1 is 1.12 bits per heavy atom. The topological polar surface area (TPSA) is 137 Å². The van der Waals surface area contributed by atoms with Gasteiger partial charge in [-0.05, 0) is 18.6 Å². The van der Waals surface area contributed by atoms with Crippen molar-refractivity contribution in [2.45, 2.75) is 19.9 Å². The van der Waals surface area contributed by atoms with E-state index in [-0.39, 0.29) is 29.2 Å². The molecule has 0 radical (unpaired) electrons. The summed E-state index contributed by atoms with van der Waals surface area (Å²) in [6.45, 7) is 2.03. The number of aryl methyl sites for hydroxylation is 1. The van der Waals surface area contributed by atoms with E-state index in [1.165, 1.54) is 24.3 Å². The van der Waals surface area contributed by atoms with Crippen molar-refractivity contribution >= 4 is 23.0 Å². The lowest BCUT2D eigenvalue weighted by atomic mass is 10.2. The number of hydrogen-bond acceptors (Lipinski definition) is 6. The monoisotopic (exact) mass is 346 g/mol. The molecule has 25 heavy (non-hydrogen) atoms. The van der Waals surface area contributed by atoms with Crippen LogP contribution in [-0.2, 0) is 6.54 Å². The molecule has 0 fully saturated rings. The summed E-state index contributed by atoms with van der Waals surface area (Å²) in [6.07, 6.45) is 1.65. The van der Waals surface area contributed by atoms with Crippen molar-refractivity contribution in [1.82, 2.24) is 4.57 Å². The van der Waals surface area contributed by atoms with Gasteiger partial charge in [0, 0.05) is 30.4 Å². The van der Waals surface area contributed by atoms with Crippen LogP contribution in [0, 0.1) is 20.2 Å². The largest absolute Gasteiger partial charge is 0.322 e. The van der Waals surface area contributed by atoms with Gasteiger partial charge in [-0.2, -0.15) is 0 Å². The summed E-state index contributed by atoms with van der Waals surface area (Å²) in [7, 11) is 0. The smallest absolute Gasteiger partial charge is 0.286 e. The number of nitro benzene ring substituents is 1. The van der Waals surface area contributed by atoms with Crippen molar-refractivity contribution in [2.75, 3.05) is 5.32 Å². The number of non-ortho nitro benzene ring substituents is 1. The zero-order valence-electron chi connectivity index (χ0n) is 13.2. The highest BCUT2D eigenvalue weighted by Crippen LogP contribution is 2.17. The zero-order valence-corrected chi connectivity index (χ0v) is 13.2. The highest BCUT2D eigenvalue weighted by atomic mass is 16.6. The van der Waals surface area contributed by atoms with Crippen LogP contribution in [0.5, 0.6) is 0 Å². The van der Waals surface area contributed by atoms with E-state index in [4.69, 9.17) is 0 Å². The molecule has 10 heteroatoms. The van der Waals surface area contributed by atoms with Crippen LogP contribution in [0.1, 0.15) is 23.7 Å². The Morgan fingerprint density at radius 2 is 1.72 bits per heavy atom. The Labute approximate surface area is 141 Å². The normalized spacial score (nSPS) is 10.3. The van der Waals surface area contributed by atoms with E-state index in [1.54, 1.807) is 6.92 Å². The molecule has 1 heterocycles. The molecular weight excluding hydrogens is 332 g/mol. The van der Waals surface area contributed by atoms with Crippen LogP contribution >= 0.6 is 0 Å². The maximum atomic E-state index is 12.3. The molecule has 1 aromatic heterocycles. The first-order chi connectivity index (χ1) is 11.8. The Hall–Kier alpha value is -3.56. The number of nitro groups is 2. The molecule has 0 unspecified atom stereocenters. The maximum Gasteiger partial charge on any atom is 0.286 e. The Morgan fingerprint density at radius 3 is 2.24 bits per heavy atom. The minimum absolute atomic E-state index is 0.154. The van der Waals surface area contributed by atoms with E-state index in [9.17, 15) is 29.8 Å². The Balaban J connectivity index is 2.36. The molecule has 2 rings (SSSR count).